The van der Waals surface area contributed by atoms with Crippen LogP contribution in [0.2, 0.25) is 0 Å². The molecule has 0 aromatic heterocycles. The van der Waals surface area contributed by atoms with Crippen LogP contribution >= 0.6 is 0 Å². The maximum absolute atomic E-state index is 11.4. The van der Waals surface area contributed by atoms with Crippen LogP contribution in [-0.4, -0.2) is 11.3 Å². The predicted molar refractivity (Wildman–Crippen MR) is 51.9 cm³/mol. The van der Waals surface area contributed by atoms with Crippen molar-refractivity contribution in [3.8, 4) is 0 Å². The maximum Gasteiger partial charge on any atom is 0.152 e. The lowest BCUT2D eigenvalue weighted by molar-refractivity contribution is -0.123. The zero-order valence-electron chi connectivity index (χ0n) is 8.31. The Morgan fingerprint density at radius 2 is 2.00 bits per heavy atom. The summed E-state index contributed by atoms with van der Waals surface area (Å²) in [4.78, 5) is 11.4. The van der Waals surface area contributed by atoms with Crippen LogP contribution in [0.1, 0.15) is 40.0 Å². The number of carbonyl (C=O) groups is 1. The summed E-state index contributed by atoms with van der Waals surface area (Å²) < 4.78 is 0. The summed E-state index contributed by atoms with van der Waals surface area (Å²) >= 11 is 0. The van der Waals surface area contributed by atoms with Crippen molar-refractivity contribution in [2.45, 2.75) is 45.6 Å². The lowest BCUT2D eigenvalue weighted by Crippen LogP contribution is -2.44. The third-order valence-electron chi connectivity index (χ3n) is 2.15. The van der Waals surface area contributed by atoms with E-state index in [1.165, 1.54) is 0 Å². The Morgan fingerprint density at radius 1 is 1.50 bits per heavy atom. The summed E-state index contributed by atoms with van der Waals surface area (Å²) in [5.74, 6) is 0.132. The molecule has 0 aliphatic carbocycles. The van der Waals surface area contributed by atoms with Gasteiger partial charge in [0, 0.05) is 6.42 Å². The molecule has 2 N–H and O–H groups in total. The number of hydrogen-bond acceptors (Lipinski definition) is 2. The molecule has 0 saturated heterocycles. The van der Waals surface area contributed by atoms with Gasteiger partial charge in [0.25, 0.3) is 0 Å². The molecule has 0 aliphatic rings. The molecular formula is C10H19NO. The molecule has 0 rings (SSSR count). The molecule has 1 unspecified atom stereocenters. The molecule has 0 amide bonds. The minimum absolute atomic E-state index is 0.132. The van der Waals surface area contributed by atoms with Crippen molar-refractivity contribution in [3.05, 3.63) is 12.2 Å². The average Bonchev–Trinajstić information content (AvgIpc) is 2.00. The summed E-state index contributed by atoms with van der Waals surface area (Å²) in [6.45, 7) is 9.38. The third-order valence-corrected chi connectivity index (χ3v) is 2.15. The van der Waals surface area contributed by atoms with E-state index in [0.717, 1.165) is 12.0 Å². The number of nitrogens with two attached hydrogens (primary N) is 1. The highest BCUT2D eigenvalue weighted by Gasteiger charge is 2.24. The van der Waals surface area contributed by atoms with Gasteiger partial charge in [-0.25, -0.2) is 0 Å². The minimum Gasteiger partial charge on any atom is -0.319 e. The van der Waals surface area contributed by atoms with Crippen LogP contribution in [0, 0.1) is 0 Å². The second-order valence-corrected chi connectivity index (χ2v) is 3.65. The highest BCUT2D eigenvalue weighted by atomic mass is 16.1. The number of rotatable bonds is 5. The molecule has 0 saturated carbocycles. The summed E-state index contributed by atoms with van der Waals surface area (Å²) in [7, 11) is 0. The molecule has 0 aromatic rings. The van der Waals surface area contributed by atoms with E-state index in [1.807, 2.05) is 13.8 Å². The zero-order chi connectivity index (χ0) is 9.78. The molecule has 2 nitrogen and oxygen atoms in total. The normalized spacial score (nSPS) is 15.3. The van der Waals surface area contributed by atoms with Crippen LogP contribution < -0.4 is 5.73 Å². The SMILES string of the molecule is C=C(C)CCC(=O)C(C)(N)CC. The Labute approximate surface area is 74.8 Å². The van der Waals surface area contributed by atoms with Gasteiger partial charge in [-0.05, 0) is 26.7 Å². The lowest BCUT2D eigenvalue weighted by atomic mass is 9.91. The van der Waals surface area contributed by atoms with Gasteiger partial charge >= 0.3 is 0 Å². The van der Waals surface area contributed by atoms with E-state index < -0.39 is 5.54 Å². The van der Waals surface area contributed by atoms with Crippen molar-refractivity contribution in [2.75, 3.05) is 0 Å². The van der Waals surface area contributed by atoms with Crippen LogP contribution in [-0.2, 0) is 4.79 Å². The van der Waals surface area contributed by atoms with Crippen molar-refractivity contribution < 1.29 is 4.79 Å². The largest absolute Gasteiger partial charge is 0.319 e. The van der Waals surface area contributed by atoms with E-state index in [9.17, 15) is 4.79 Å². The smallest absolute Gasteiger partial charge is 0.152 e. The number of allylic oxidation sites excluding steroid dienone is 1. The summed E-state index contributed by atoms with van der Waals surface area (Å²) in [5, 5.41) is 0. The monoisotopic (exact) mass is 169 g/mol. The summed E-state index contributed by atoms with van der Waals surface area (Å²) in [5.41, 5.74) is 6.16. The molecule has 1 atom stereocenters. The maximum atomic E-state index is 11.4. The second kappa shape index (κ2) is 4.41. The summed E-state index contributed by atoms with van der Waals surface area (Å²) in [6, 6.07) is 0. The standard InChI is InChI=1S/C10H19NO/c1-5-10(4,11)9(12)7-6-8(2)3/h2,5-7,11H2,1,3-4H3. The molecule has 12 heavy (non-hydrogen) atoms. The molecule has 0 aliphatic heterocycles. The molecule has 70 valence electrons. The molecule has 0 radical (unpaired) electrons. The van der Waals surface area contributed by atoms with Gasteiger partial charge in [0.2, 0.25) is 0 Å². The van der Waals surface area contributed by atoms with E-state index in [2.05, 4.69) is 6.58 Å². The fourth-order valence-electron chi connectivity index (χ4n) is 0.810. The highest BCUT2D eigenvalue weighted by molar-refractivity contribution is 5.87. The highest BCUT2D eigenvalue weighted by Crippen LogP contribution is 2.12. The van der Waals surface area contributed by atoms with E-state index >= 15 is 0 Å². The first kappa shape index (κ1) is 11.4. The van der Waals surface area contributed by atoms with Crippen LogP contribution in [0.15, 0.2) is 12.2 Å². The van der Waals surface area contributed by atoms with Crippen LogP contribution in [0.3, 0.4) is 0 Å². The van der Waals surface area contributed by atoms with Crippen molar-refractivity contribution in [1.29, 1.82) is 0 Å². The van der Waals surface area contributed by atoms with E-state index in [0.29, 0.717) is 12.8 Å². The predicted octanol–water partition coefficient (Wildman–Crippen LogP) is 2.04. The van der Waals surface area contributed by atoms with Gasteiger partial charge in [-0.15, -0.1) is 6.58 Å². The Kier molecular flexibility index (Phi) is 4.18. The first-order valence-corrected chi connectivity index (χ1v) is 4.36. The third kappa shape index (κ3) is 3.67. The van der Waals surface area contributed by atoms with Gasteiger partial charge < -0.3 is 5.73 Å². The molecular weight excluding hydrogens is 150 g/mol. The Morgan fingerprint density at radius 3 is 2.33 bits per heavy atom. The van der Waals surface area contributed by atoms with Gasteiger partial charge in [0.15, 0.2) is 5.78 Å². The van der Waals surface area contributed by atoms with E-state index in [-0.39, 0.29) is 5.78 Å². The molecule has 0 aromatic carbocycles. The molecule has 0 heterocycles. The summed E-state index contributed by atoms with van der Waals surface area (Å²) in [6.07, 6.45) is 1.98. The van der Waals surface area contributed by atoms with E-state index in [4.69, 9.17) is 5.73 Å². The van der Waals surface area contributed by atoms with Gasteiger partial charge in [0.1, 0.15) is 0 Å². The fourth-order valence-corrected chi connectivity index (χ4v) is 0.810. The molecule has 0 spiro atoms. The van der Waals surface area contributed by atoms with Crippen molar-refractivity contribution in [1.82, 2.24) is 0 Å². The number of ketones is 1. The van der Waals surface area contributed by atoms with Crippen LogP contribution in [0.25, 0.3) is 0 Å². The number of Topliss-reactive ketones (excluding diaryl/α,β-unsaturated/α-hetero) is 1. The second-order valence-electron chi connectivity index (χ2n) is 3.65. The fraction of sp³-hybridized carbons (Fsp3) is 0.700. The van der Waals surface area contributed by atoms with E-state index in [1.54, 1.807) is 6.92 Å². The lowest BCUT2D eigenvalue weighted by Gasteiger charge is -2.20. The van der Waals surface area contributed by atoms with Gasteiger partial charge in [-0.3, -0.25) is 4.79 Å². The van der Waals surface area contributed by atoms with Crippen molar-refractivity contribution in [3.63, 3.8) is 0 Å². The van der Waals surface area contributed by atoms with Crippen molar-refractivity contribution >= 4 is 5.78 Å². The first-order chi connectivity index (χ1) is 5.40. The van der Waals surface area contributed by atoms with Crippen LogP contribution in [0.5, 0.6) is 0 Å². The Hall–Kier alpha value is -0.630. The number of carbonyl (C=O) groups excluding carboxylic acids is 1. The van der Waals surface area contributed by atoms with Gasteiger partial charge in [-0.1, -0.05) is 12.5 Å². The topological polar surface area (TPSA) is 43.1 Å². The molecule has 2 heteroatoms. The van der Waals surface area contributed by atoms with Crippen molar-refractivity contribution in [2.24, 2.45) is 5.73 Å². The van der Waals surface area contributed by atoms with Gasteiger partial charge in [0.05, 0.1) is 5.54 Å². The quantitative estimate of drug-likeness (QED) is 0.640. The number of hydrogen-bond donors (Lipinski definition) is 1. The Bertz CT molecular complexity index is 182. The zero-order valence-corrected chi connectivity index (χ0v) is 8.31. The Balaban J connectivity index is 3.96. The first-order valence-electron chi connectivity index (χ1n) is 4.36. The molecule has 0 fully saturated rings. The molecule has 0 bridgehead atoms. The van der Waals surface area contributed by atoms with Gasteiger partial charge in [-0.2, -0.15) is 0 Å². The minimum atomic E-state index is -0.643. The van der Waals surface area contributed by atoms with Crippen LogP contribution in [0.4, 0.5) is 0 Å². The average molecular weight is 169 g/mol.